The van der Waals surface area contributed by atoms with Crippen molar-refractivity contribution in [2.75, 3.05) is 12.3 Å². The van der Waals surface area contributed by atoms with Gasteiger partial charge in [-0.2, -0.15) is 5.10 Å². The Kier molecular flexibility index (Phi) is 4.79. The summed E-state index contributed by atoms with van der Waals surface area (Å²) in [7, 11) is 0. The number of unbranched alkanes of at least 4 members (excludes halogenated alkanes) is 1. The number of alkyl carbamates (subject to hydrolysis) is 1. The molecule has 0 unspecified atom stereocenters. The number of ether oxygens (including phenoxy) is 1. The van der Waals surface area contributed by atoms with Crippen LogP contribution in [0.5, 0.6) is 0 Å². The van der Waals surface area contributed by atoms with E-state index in [9.17, 15) is 4.79 Å². The Morgan fingerprint density at radius 3 is 2.86 bits per heavy atom. The number of aromatic nitrogens is 4. The van der Waals surface area contributed by atoms with Crippen LogP contribution in [-0.4, -0.2) is 38.0 Å². The number of nitrogens with one attached hydrogen (secondary N) is 1. The van der Waals surface area contributed by atoms with Crippen LogP contribution in [0.25, 0.3) is 11.0 Å². The SMILES string of the molecule is CC(C)(C)OC(=O)NCCCCn1ncc2c(N)ncnc21. The molecule has 0 aliphatic carbocycles. The summed E-state index contributed by atoms with van der Waals surface area (Å²) >= 11 is 0. The largest absolute Gasteiger partial charge is 0.444 e. The Morgan fingerprint density at radius 2 is 2.14 bits per heavy atom. The summed E-state index contributed by atoms with van der Waals surface area (Å²) in [5, 5.41) is 7.75. The molecule has 0 radical (unpaired) electrons. The zero-order valence-electron chi connectivity index (χ0n) is 13.2. The first kappa shape index (κ1) is 16.0. The molecule has 2 rings (SSSR count). The van der Waals surface area contributed by atoms with Crippen LogP contribution in [0.15, 0.2) is 12.5 Å². The molecule has 0 aromatic carbocycles. The molecule has 2 aromatic rings. The van der Waals surface area contributed by atoms with E-state index in [1.165, 1.54) is 6.33 Å². The van der Waals surface area contributed by atoms with Crippen LogP contribution in [0.2, 0.25) is 0 Å². The van der Waals surface area contributed by atoms with E-state index in [1.807, 2.05) is 20.8 Å². The Labute approximate surface area is 129 Å². The number of nitrogens with zero attached hydrogens (tertiary/aromatic N) is 4. The number of nitrogen functional groups attached to an aromatic ring is 1. The predicted octanol–water partition coefficient (Wildman–Crippen LogP) is 1.71. The molecule has 0 fully saturated rings. The average molecular weight is 306 g/mol. The van der Waals surface area contributed by atoms with Crippen molar-refractivity contribution >= 4 is 22.9 Å². The number of nitrogens with two attached hydrogens (primary N) is 1. The topological polar surface area (TPSA) is 108 Å². The fourth-order valence-electron chi connectivity index (χ4n) is 1.97. The molecule has 1 amide bonds. The van der Waals surface area contributed by atoms with Crippen LogP contribution in [0.1, 0.15) is 33.6 Å². The van der Waals surface area contributed by atoms with Gasteiger partial charge in [-0.3, -0.25) is 0 Å². The fourth-order valence-corrected chi connectivity index (χ4v) is 1.97. The lowest BCUT2D eigenvalue weighted by Crippen LogP contribution is -2.33. The second-order valence-electron chi connectivity index (χ2n) is 6.00. The van der Waals surface area contributed by atoms with Crippen molar-refractivity contribution in [1.29, 1.82) is 0 Å². The lowest BCUT2D eigenvalue weighted by atomic mass is 10.2. The first-order valence-corrected chi connectivity index (χ1v) is 7.25. The summed E-state index contributed by atoms with van der Waals surface area (Å²) in [6.45, 7) is 6.77. The van der Waals surface area contributed by atoms with E-state index in [2.05, 4.69) is 20.4 Å². The monoisotopic (exact) mass is 306 g/mol. The molecule has 0 aliphatic heterocycles. The van der Waals surface area contributed by atoms with Gasteiger partial charge in [-0.05, 0) is 33.6 Å². The Balaban J connectivity index is 1.75. The summed E-state index contributed by atoms with van der Waals surface area (Å²) in [6.07, 6.45) is 4.39. The van der Waals surface area contributed by atoms with Crippen molar-refractivity contribution in [1.82, 2.24) is 25.1 Å². The molecule has 3 N–H and O–H groups in total. The molecule has 0 atom stereocenters. The van der Waals surface area contributed by atoms with Gasteiger partial charge < -0.3 is 15.8 Å². The van der Waals surface area contributed by atoms with Gasteiger partial charge in [-0.15, -0.1) is 0 Å². The molecule has 2 aromatic heterocycles. The van der Waals surface area contributed by atoms with Gasteiger partial charge in [-0.1, -0.05) is 0 Å². The normalized spacial score (nSPS) is 11.6. The first-order valence-electron chi connectivity index (χ1n) is 7.25. The minimum atomic E-state index is -0.475. The van der Waals surface area contributed by atoms with Crippen molar-refractivity contribution in [2.24, 2.45) is 0 Å². The Hall–Kier alpha value is -2.38. The molecule has 120 valence electrons. The lowest BCUT2D eigenvalue weighted by Gasteiger charge is -2.19. The second kappa shape index (κ2) is 6.59. The molecular formula is C14H22N6O2. The van der Waals surface area contributed by atoms with E-state index in [0.29, 0.717) is 18.9 Å². The van der Waals surface area contributed by atoms with E-state index in [4.69, 9.17) is 10.5 Å². The van der Waals surface area contributed by atoms with Gasteiger partial charge in [-0.25, -0.2) is 19.4 Å². The maximum absolute atomic E-state index is 11.5. The lowest BCUT2D eigenvalue weighted by molar-refractivity contribution is 0.0527. The third-order valence-electron chi connectivity index (χ3n) is 2.93. The first-order chi connectivity index (χ1) is 10.4. The van der Waals surface area contributed by atoms with Crippen molar-refractivity contribution in [2.45, 2.75) is 45.8 Å². The van der Waals surface area contributed by atoms with Crippen LogP contribution >= 0.6 is 0 Å². The third kappa shape index (κ3) is 4.31. The molecule has 2 heterocycles. The minimum absolute atomic E-state index is 0.391. The number of carbonyl (C=O) groups is 1. The molecule has 8 heteroatoms. The van der Waals surface area contributed by atoms with Gasteiger partial charge in [0.05, 0.1) is 11.6 Å². The maximum Gasteiger partial charge on any atom is 0.407 e. The van der Waals surface area contributed by atoms with Crippen molar-refractivity contribution < 1.29 is 9.53 Å². The second-order valence-corrected chi connectivity index (χ2v) is 6.00. The highest BCUT2D eigenvalue weighted by molar-refractivity contribution is 5.84. The van der Waals surface area contributed by atoms with E-state index in [-0.39, 0.29) is 0 Å². The quantitative estimate of drug-likeness (QED) is 0.814. The summed E-state index contributed by atoms with van der Waals surface area (Å²) in [5.74, 6) is 0.433. The Bertz CT molecular complexity index is 646. The molecule has 0 spiro atoms. The molecule has 0 saturated heterocycles. The van der Waals surface area contributed by atoms with Crippen LogP contribution in [0, 0.1) is 0 Å². The number of rotatable bonds is 5. The highest BCUT2D eigenvalue weighted by atomic mass is 16.6. The number of hydrogen-bond acceptors (Lipinski definition) is 6. The molecular weight excluding hydrogens is 284 g/mol. The van der Waals surface area contributed by atoms with Crippen LogP contribution < -0.4 is 11.1 Å². The average Bonchev–Trinajstić information content (AvgIpc) is 2.81. The molecule has 22 heavy (non-hydrogen) atoms. The van der Waals surface area contributed by atoms with Gasteiger partial charge in [0.2, 0.25) is 0 Å². The number of anilines is 1. The fraction of sp³-hybridized carbons (Fsp3) is 0.571. The van der Waals surface area contributed by atoms with Gasteiger partial charge in [0.25, 0.3) is 0 Å². The highest BCUT2D eigenvalue weighted by Gasteiger charge is 2.15. The van der Waals surface area contributed by atoms with Crippen LogP contribution in [-0.2, 0) is 11.3 Å². The molecule has 8 nitrogen and oxygen atoms in total. The van der Waals surface area contributed by atoms with Gasteiger partial charge >= 0.3 is 6.09 Å². The number of aryl methyl sites for hydroxylation is 1. The summed E-state index contributed by atoms with van der Waals surface area (Å²) in [5.41, 5.74) is 6.02. The number of amides is 1. The number of fused-ring (bicyclic) bond motifs is 1. The van der Waals surface area contributed by atoms with Crippen LogP contribution in [0.3, 0.4) is 0 Å². The minimum Gasteiger partial charge on any atom is -0.444 e. The predicted molar refractivity (Wildman–Crippen MR) is 83.2 cm³/mol. The third-order valence-corrected chi connectivity index (χ3v) is 2.93. The summed E-state index contributed by atoms with van der Waals surface area (Å²) in [6, 6.07) is 0. The van der Waals surface area contributed by atoms with Crippen LogP contribution in [0.4, 0.5) is 10.6 Å². The summed E-state index contributed by atoms with van der Waals surface area (Å²) < 4.78 is 6.96. The Morgan fingerprint density at radius 1 is 1.36 bits per heavy atom. The number of hydrogen-bond donors (Lipinski definition) is 2. The smallest absolute Gasteiger partial charge is 0.407 e. The van der Waals surface area contributed by atoms with Gasteiger partial charge in [0.15, 0.2) is 5.65 Å². The van der Waals surface area contributed by atoms with Crippen molar-refractivity contribution in [3.8, 4) is 0 Å². The molecule has 0 bridgehead atoms. The zero-order chi connectivity index (χ0) is 16.2. The standard InChI is InChI=1S/C14H22N6O2/c1-14(2,3)22-13(21)16-6-4-5-7-20-12-10(8-19-20)11(15)17-9-18-12/h8-9H,4-7H2,1-3H3,(H,16,21)(H2,15,17,18). The number of carbonyl (C=O) groups excluding carboxylic acids is 1. The van der Waals surface area contributed by atoms with E-state index in [1.54, 1.807) is 10.9 Å². The van der Waals surface area contributed by atoms with Gasteiger partial charge in [0, 0.05) is 13.1 Å². The molecule has 0 saturated carbocycles. The van der Waals surface area contributed by atoms with Crippen molar-refractivity contribution in [3.63, 3.8) is 0 Å². The van der Waals surface area contributed by atoms with E-state index >= 15 is 0 Å². The van der Waals surface area contributed by atoms with E-state index < -0.39 is 11.7 Å². The summed E-state index contributed by atoms with van der Waals surface area (Å²) in [4.78, 5) is 19.6. The zero-order valence-corrected chi connectivity index (χ0v) is 13.2. The van der Waals surface area contributed by atoms with Gasteiger partial charge in [0.1, 0.15) is 17.7 Å². The van der Waals surface area contributed by atoms with E-state index in [0.717, 1.165) is 23.9 Å². The van der Waals surface area contributed by atoms with Crippen molar-refractivity contribution in [3.05, 3.63) is 12.5 Å². The maximum atomic E-state index is 11.5. The molecule has 0 aliphatic rings. The highest BCUT2D eigenvalue weighted by Crippen LogP contribution is 2.15.